The van der Waals surface area contributed by atoms with E-state index in [2.05, 4.69) is 34.4 Å². The molecule has 5 unspecified atom stereocenters. The Labute approximate surface area is 314 Å². The molecule has 3 rings (SSSR count). The quantitative estimate of drug-likeness (QED) is 0.0383. The number of rotatable bonds is 21. The Hall–Kier alpha value is -2.97. The van der Waals surface area contributed by atoms with E-state index in [1.54, 1.807) is 0 Å². The number of amides is 2. The van der Waals surface area contributed by atoms with Crippen LogP contribution in [0.25, 0.3) is 11.2 Å². The fraction of sp³-hybridized carbons (Fsp3) is 0.640. The minimum Gasteiger partial charge on any atom is -0.481 e. The van der Waals surface area contributed by atoms with Crippen LogP contribution in [0.3, 0.4) is 0 Å². The molecule has 1 fully saturated rings. The molecular formula is C25H40N7O19P3S. The minimum absolute atomic E-state index is 0.0183. The van der Waals surface area contributed by atoms with Gasteiger partial charge in [-0.2, -0.15) is 4.31 Å². The number of thioether (sulfide) groups is 1. The second kappa shape index (κ2) is 19.0. The van der Waals surface area contributed by atoms with Crippen molar-refractivity contribution in [3.05, 3.63) is 12.7 Å². The first kappa shape index (κ1) is 46.4. The Bertz CT molecular complexity index is 1860. The molecule has 3 heterocycles. The summed E-state index contributed by atoms with van der Waals surface area (Å²) >= 11 is 0.726. The van der Waals surface area contributed by atoms with Crippen molar-refractivity contribution in [2.24, 2.45) is 11.3 Å². The third-order valence-electron chi connectivity index (χ3n) is 7.47. The summed E-state index contributed by atoms with van der Waals surface area (Å²) in [6.07, 6.45) is -7.13. The number of carboxylic acids is 1. The van der Waals surface area contributed by atoms with Gasteiger partial charge < -0.3 is 56.0 Å². The van der Waals surface area contributed by atoms with E-state index in [1.807, 2.05) is 0 Å². The maximum absolute atomic E-state index is 12.6. The molecule has 0 spiro atoms. The number of phosphoric acid groups is 3. The maximum Gasteiger partial charge on any atom is 0.481 e. The number of nitrogens with two attached hydrogens (primary N) is 1. The number of nitrogens with one attached hydrogen (secondary N) is 2. The number of imidazole rings is 1. The molecule has 1 aliphatic rings. The molecule has 2 aromatic rings. The number of anilines is 1. The average molecular weight is 868 g/mol. The van der Waals surface area contributed by atoms with Crippen LogP contribution < -0.4 is 16.4 Å². The monoisotopic (exact) mass is 867 g/mol. The van der Waals surface area contributed by atoms with Crippen molar-refractivity contribution in [1.82, 2.24) is 30.2 Å². The minimum atomic E-state index is -5.59. The molecule has 55 heavy (non-hydrogen) atoms. The van der Waals surface area contributed by atoms with Crippen LogP contribution in [0.5, 0.6) is 0 Å². The van der Waals surface area contributed by atoms with E-state index >= 15 is 0 Å². The van der Waals surface area contributed by atoms with Gasteiger partial charge in [-0.3, -0.25) is 37.3 Å². The normalized spacial score (nSPS) is 22.3. The summed E-state index contributed by atoms with van der Waals surface area (Å²) in [6.45, 7) is 1.35. The van der Waals surface area contributed by atoms with Crippen molar-refractivity contribution in [2.45, 2.75) is 57.8 Å². The highest BCUT2D eigenvalue weighted by Gasteiger charge is 2.50. The van der Waals surface area contributed by atoms with Gasteiger partial charge >= 0.3 is 29.4 Å². The maximum atomic E-state index is 12.6. The van der Waals surface area contributed by atoms with E-state index in [0.717, 1.165) is 29.0 Å². The highest BCUT2D eigenvalue weighted by molar-refractivity contribution is 8.13. The van der Waals surface area contributed by atoms with Crippen LogP contribution in [0.1, 0.15) is 33.4 Å². The number of carbonyl (C=O) groups excluding carboxylic acids is 3. The third kappa shape index (κ3) is 13.6. The van der Waals surface area contributed by atoms with Crippen LogP contribution in [-0.4, -0.2) is 134 Å². The summed E-state index contributed by atoms with van der Waals surface area (Å²) in [6, 6.07) is 0. The average Bonchev–Trinajstić information content (AvgIpc) is 3.64. The van der Waals surface area contributed by atoms with E-state index in [4.69, 9.17) is 24.6 Å². The molecule has 1 saturated heterocycles. The molecule has 0 aromatic carbocycles. The number of nitrogen functional groups attached to an aromatic ring is 1. The zero-order chi connectivity index (χ0) is 41.5. The van der Waals surface area contributed by atoms with Gasteiger partial charge in [0.2, 0.25) is 16.9 Å². The lowest BCUT2D eigenvalue weighted by atomic mass is 9.87. The molecule has 11 N–H and O–H groups in total. The van der Waals surface area contributed by atoms with Gasteiger partial charge in [-0.25, -0.2) is 28.6 Å². The van der Waals surface area contributed by atoms with Gasteiger partial charge in [0.05, 0.1) is 19.5 Å². The number of aliphatic carboxylic acids is 1. The largest absolute Gasteiger partial charge is 0.481 e. The topological polar surface area (TPSA) is 401 Å². The number of carbonyl (C=O) groups is 4. The van der Waals surface area contributed by atoms with Gasteiger partial charge in [0.1, 0.15) is 42.2 Å². The number of ether oxygens (including phenoxy) is 1. The van der Waals surface area contributed by atoms with Crippen molar-refractivity contribution in [1.29, 1.82) is 0 Å². The van der Waals surface area contributed by atoms with Gasteiger partial charge in [-0.1, -0.05) is 25.6 Å². The van der Waals surface area contributed by atoms with Crippen LogP contribution in [0.15, 0.2) is 12.7 Å². The molecule has 8 atom stereocenters. The number of carboxylic acid groups (broad SMARTS) is 1. The van der Waals surface area contributed by atoms with Gasteiger partial charge in [-0.05, 0) is 6.92 Å². The molecule has 2 aromatic heterocycles. The number of aliphatic hydroxyl groups excluding tert-OH is 2. The summed E-state index contributed by atoms with van der Waals surface area (Å²) in [5.41, 5.74) is 4.19. The zero-order valence-corrected chi connectivity index (χ0v) is 32.5. The van der Waals surface area contributed by atoms with Crippen molar-refractivity contribution in [3.63, 3.8) is 0 Å². The van der Waals surface area contributed by atoms with Crippen LogP contribution in [0, 0.1) is 11.3 Å². The van der Waals surface area contributed by atoms with Crippen LogP contribution in [0.4, 0.5) is 5.82 Å². The molecule has 0 radical (unpaired) electrons. The lowest BCUT2D eigenvalue weighted by Crippen LogP contribution is -2.46. The van der Waals surface area contributed by atoms with Gasteiger partial charge in [-0.15, -0.1) is 0 Å². The van der Waals surface area contributed by atoms with E-state index in [-0.39, 0.29) is 42.2 Å². The summed E-state index contributed by atoms with van der Waals surface area (Å²) in [4.78, 5) is 97.8. The molecule has 310 valence electrons. The summed E-state index contributed by atoms with van der Waals surface area (Å²) in [7, 11) is -16.4. The number of aliphatic hydroxyl groups is 2. The van der Waals surface area contributed by atoms with Crippen LogP contribution in [-0.2, 0) is 55.5 Å². The highest BCUT2D eigenvalue weighted by Crippen LogP contribution is 2.61. The Kier molecular flexibility index (Phi) is 16.0. The first-order valence-electron chi connectivity index (χ1n) is 15.6. The zero-order valence-electron chi connectivity index (χ0n) is 29.0. The number of hydrogen-bond acceptors (Lipinski definition) is 19. The lowest BCUT2D eigenvalue weighted by Gasteiger charge is -2.30. The Morgan fingerprint density at radius 1 is 1.05 bits per heavy atom. The van der Waals surface area contributed by atoms with Crippen molar-refractivity contribution >= 4 is 75.1 Å². The van der Waals surface area contributed by atoms with Crippen molar-refractivity contribution < 1.29 is 90.4 Å². The Morgan fingerprint density at radius 2 is 1.71 bits per heavy atom. The van der Waals surface area contributed by atoms with Crippen molar-refractivity contribution in [2.75, 3.05) is 37.8 Å². The Balaban J connectivity index is 1.50. The number of phosphoric ester groups is 3. The molecule has 1 aliphatic heterocycles. The molecule has 0 bridgehead atoms. The smallest absolute Gasteiger partial charge is 0.481 e. The van der Waals surface area contributed by atoms with E-state index in [9.17, 15) is 62.7 Å². The fourth-order valence-corrected chi connectivity index (χ4v) is 8.09. The summed E-state index contributed by atoms with van der Waals surface area (Å²) in [5.74, 6) is -4.01. The van der Waals surface area contributed by atoms with Crippen LogP contribution >= 0.6 is 35.2 Å². The predicted molar refractivity (Wildman–Crippen MR) is 184 cm³/mol. The summed E-state index contributed by atoms with van der Waals surface area (Å²) < 4.78 is 61.9. The standard InChI is InChI=1S/C25H40N7O19P3S/c1-12(23(37)38)24(39)55-7-6-27-14(33)4-5-28-21(36)18(35)25(2,3)9-48-54(45,46)51-53(43,44)47-8-13-17(50-52(40,41)42)16(34)22(49-13)32-11-31-15-19(26)29-10-30-20(15)32/h10-13,16-18,22,34-35H,4-9H2,1-3H3,(H,27,33)(H,28,36)(H,37,38)(H,43,44)(H,45,46)(H2,26,29,30)(H2,40,41,42)/t12?,13-,16?,17?,18+,22-/m0/s1. The molecule has 30 heteroatoms. The first-order valence-corrected chi connectivity index (χ1v) is 21.1. The molecule has 26 nitrogen and oxygen atoms in total. The highest BCUT2D eigenvalue weighted by atomic mass is 32.2. The molecular weight excluding hydrogens is 827 g/mol. The summed E-state index contributed by atoms with van der Waals surface area (Å²) in [5, 5.41) is 34.3. The van der Waals surface area contributed by atoms with Gasteiger partial charge in [0.15, 0.2) is 17.7 Å². The number of fused-ring (bicyclic) bond motifs is 1. The first-order chi connectivity index (χ1) is 25.3. The molecule has 0 aliphatic carbocycles. The Morgan fingerprint density at radius 3 is 2.35 bits per heavy atom. The second-order valence-corrected chi connectivity index (χ2v) is 17.6. The van der Waals surface area contributed by atoms with Crippen molar-refractivity contribution in [3.8, 4) is 0 Å². The molecule has 2 amide bonds. The number of nitrogens with zero attached hydrogens (tertiary/aromatic N) is 4. The third-order valence-corrected chi connectivity index (χ3v) is 11.6. The van der Waals surface area contributed by atoms with Gasteiger partial charge in [0.25, 0.3) is 0 Å². The second-order valence-electron chi connectivity index (χ2n) is 12.3. The van der Waals surface area contributed by atoms with Crippen LogP contribution in [0.2, 0.25) is 0 Å². The van der Waals surface area contributed by atoms with Gasteiger partial charge in [0, 0.05) is 30.7 Å². The van der Waals surface area contributed by atoms with E-state index in [1.165, 1.54) is 20.8 Å². The fourth-order valence-electron chi connectivity index (χ4n) is 4.51. The van der Waals surface area contributed by atoms with E-state index < -0.39 is 102 Å². The number of hydrogen-bond donors (Lipinski definition) is 10. The van der Waals surface area contributed by atoms with E-state index in [0.29, 0.717) is 0 Å². The number of aromatic nitrogens is 4. The SMILES string of the molecule is CC(C(=O)O)C(=O)SCCNC(=O)CCNC(=O)[C@@H](O)C(C)(C)COP(=O)(O)OP(=O)(O)OC[C@@H]1O[C@H](n2cnc3c(N)ncnc32)C(O)C1OP(=O)(O)O. The lowest BCUT2D eigenvalue weighted by molar-refractivity contribution is -0.143. The predicted octanol–water partition coefficient (Wildman–Crippen LogP) is -1.61. The molecule has 0 saturated carbocycles.